The van der Waals surface area contributed by atoms with Crippen molar-refractivity contribution in [1.82, 2.24) is 10.2 Å². The normalized spacial score (nSPS) is 17.9. The Bertz CT molecular complexity index is 490. The Morgan fingerprint density at radius 2 is 1.86 bits per heavy atom. The molecule has 0 radical (unpaired) electrons. The van der Waals surface area contributed by atoms with E-state index in [-0.39, 0.29) is 11.9 Å². The average Bonchev–Trinajstić information content (AvgIpc) is 2.79. The molecule has 3 amide bonds. The number of amides is 3. The number of benzene rings is 1. The zero-order valence-electron chi connectivity index (χ0n) is 13.1. The van der Waals surface area contributed by atoms with Crippen molar-refractivity contribution in [3.8, 4) is 0 Å². The summed E-state index contributed by atoms with van der Waals surface area (Å²) < 4.78 is 5.46. The largest absolute Gasteiger partial charge is 0.381 e. The van der Waals surface area contributed by atoms with Crippen molar-refractivity contribution in [3.63, 3.8) is 0 Å². The van der Waals surface area contributed by atoms with E-state index in [2.05, 4.69) is 12.2 Å². The second-order valence-electron chi connectivity index (χ2n) is 5.50. The Labute approximate surface area is 131 Å². The molecule has 120 valence electrons. The zero-order chi connectivity index (χ0) is 15.8. The van der Waals surface area contributed by atoms with Crippen molar-refractivity contribution in [1.29, 1.82) is 0 Å². The first-order valence-corrected chi connectivity index (χ1v) is 7.96. The van der Waals surface area contributed by atoms with E-state index in [0.717, 1.165) is 25.0 Å². The smallest absolute Gasteiger partial charge is 0.324 e. The SMILES string of the molecule is CCCCOCCCN1C(=O)N[C@@H](Cc2ccccc2)C1=O. The van der Waals surface area contributed by atoms with Crippen LogP contribution < -0.4 is 5.32 Å². The van der Waals surface area contributed by atoms with Crippen LogP contribution >= 0.6 is 0 Å². The molecule has 0 spiro atoms. The fourth-order valence-corrected chi connectivity index (χ4v) is 2.45. The zero-order valence-corrected chi connectivity index (χ0v) is 13.1. The summed E-state index contributed by atoms with van der Waals surface area (Å²) >= 11 is 0. The molecule has 0 aliphatic carbocycles. The number of rotatable bonds is 9. The van der Waals surface area contributed by atoms with E-state index >= 15 is 0 Å². The van der Waals surface area contributed by atoms with E-state index < -0.39 is 6.04 Å². The first kappa shape index (κ1) is 16.5. The van der Waals surface area contributed by atoms with Gasteiger partial charge in [-0.05, 0) is 18.4 Å². The number of nitrogens with one attached hydrogen (secondary N) is 1. The standard InChI is InChI=1S/C17H24N2O3/c1-2-3-11-22-12-7-10-19-16(20)15(18-17(19)21)13-14-8-5-4-6-9-14/h4-6,8-9,15H,2-3,7,10-13H2,1H3,(H,18,21)/t15-/m0/s1. The maximum absolute atomic E-state index is 12.3. The van der Waals surface area contributed by atoms with Crippen LogP contribution in [0.1, 0.15) is 31.7 Å². The highest BCUT2D eigenvalue weighted by Gasteiger charge is 2.37. The van der Waals surface area contributed by atoms with Gasteiger partial charge >= 0.3 is 6.03 Å². The Hall–Kier alpha value is -1.88. The molecule has 1 heterocycles. The minimum absolute atomic E-state index is 0.137. The molecule has 1 aromatic rings. The lowest BCUT2D eigenvalue weighted by atomic mass is 10.1. The summed E-state index contributed by atoms with van der Waals surface area (Å²) in [5.41, 5.74) is 1.05. The summed E-state index contributed by atoms with van der Waals surface area (Å²) in [7, 11) is 0. The number of hydrogen-bond donors (Lipinski definition) is 1. The minimum atomic E-state index is -0.448. The number of carbonyl (C=O) groups is 2. The lowest BCUT2D eigenvalue weighted by Gasteiger charge is -2.13. The van der Waals surface area contributed by atoms with Gasteiger partial charge < -0.3 is 10.1 Å². The van der Waals surface area contributed by atoms with Gasteiger partial charge in [0.1, 0.15) is 6.04 Å². The Kier molecular flexibility index (Phi) is 6.40. The summed E-state index contributed by atoms with van der Waals surface area (Å²) in [6, 6.07) is 8.98. The van der Waals surface area contributed by atoms with Crippen LogP contribution in [0.5, 0.6) is 0 Å². The van der Waals surface area contributed by atoms with Crippen LogP contribution in [0.15, 0.2) is 30.3 Å². The molecule has 1 atom stereocenters. The van der Waals surface area contributed by atoms with Gasteiger partial charge in [0.2, 0.25) is 0 Å². The summed E-state index contributed by atoms with van der Waals surface area (Å²) in [6.45, 7) is 3.86. The van der Waals surface area contributed by atoms with Crippen LogP contribution in [0.4, 0.5) is 4.79 Å². The second kappa shape index (κ2) is 8.54. The first-order valence-electron chi connectivity index (χ1n) is 7.96. The molecule has 0 saturated carbocycles. The molecule has 5 heteroatoms. The van der Waals surface area contributed by atoms with Gasteiger partial charge in [0.15, 0.2) is 0 Å². The molecular formula is C17H24N2O3. The molecule has 1 aromatic carbocycles. The van der Waals surface area contributed by atoms with Crippen molar-refractivity contribution in [2.24, 2.45) is 0 Å². The van der Waals surface area contributed by atoms with Crippen molar-refractivity contribution in [3.05, 3.63) is 35.9 Å². The van der Waals surface area contributed by atoms with E-state index in [1.807, 2.05) is 30.3 Å². The van der Waals surface area contributed by atoms with Crippen LogP contribution in [0, 0.1) is 0 Å². The maximum atomic E-state index is 12.3. The Morgan fingerprint density at radius 1 is 1.14 bits per heavy atom. The Balaban J connectivity index is 1.76. The lowest BCUT2D eigenvalue weighted by molar-refractivity contribution is -0.127. The number of unbranched alkanes of at least 4 members (excludes halogenated alkanes) is 1. The third kappa shape index (κ3) is 4.56. The summed E-state index contributed by atoms with van der Waals surface area (Å²) in [6.07, 6.45) is 3.37. The molecule has 1 aliphatic rings. The topological polar surface area (TPSA) is 58.6 Å². The van der Waals surface area contributed by atoms with Crippen LogP contribution in [0.2, 0.25) is 0 Å². The third-order valence-corrected chi connectivity index (χ3v) is 3.70. The maximum Gasteiger partial charge on any atom is 0.324 e. The number of nitrogens with zero attached hydrogens (tertiary/aromatic N) is 1. The number of urea groups is 1. The number of hydrogen-bond acceptors (Lipinski definition) is 3. The molecule has 1 N–H and O–H groups in total. The molecule has 1 saturated heterocycles. The van der Waals surface area contributed by atoms with Gasteiger partial charge in [0.25, 0.3) is 5.91 Å². The van der Waals surface area contributed by atoms with Gasteiger partial charge in [-0.1, -0.05) is 43.7 Å². The highest BCUT2D eigenvalue weighted by molar-refractivity contribution is 6.04. The number of carbonyl (C=O) groups excluding carboxylic acids is 2. The van der Waals surface area contributed by atoms with Gasteiger partial charge in [0, 0.05) is 26.2 Å². The highest BCUT2D eigenvalue weighted by atomic mass is 16.5. The molecule has 1 fully saturated rings. The van der Waals surface area contributed by atoms with Crippen molar-refractivity contribution >= 4 is 11.9 Å². The fraction of sp³-hybridized carbons (Fsp3) is 0.529. The molecular weight excluding hydrogens is 280 g/mol. The van der Waals surface area contributed by atoms with Crippen LogP contribution in [0.25, 0.3) is 0 Å². The van der Waals surface area contributed by atoms with E-state index in [1.54, 1.807) is 0 Å². The van der Waals surface area contributed by atoms with Crippen LogP contribution in [0.3, 0.4) is 0 Å². The quantitative estimate of drug-likeness (QED) is 0.563. The minimum Gasteiger partial charge on any atom is -0.381 e. The third-order valence-electron chi connectivity index (χ3n) is 3.70. The van der Waals surface area contributed by atoms with E-state index in [0.29, 0.717) is 26.0 Å². The van der Waals surface area contributed by atoms with E-state index in [1.165, 1.54) is 4.90 Å². The number of ether oxygens (including phenoxy) is 1. The van der Waals surface area contributed by atoms with Gasteiger partial charge in [-0.15, -0.1) is 0 Å². The summed E-state index contributed by atoms with van der Waals surface area (Å²) in [5.74, 6) is -0.137. The molecule has 5 nitrogen and oxygen atoms in total. The molecule has 0 bridgehead atoms. The van der Waals surface area contributed by atoms with Gasteiger partial charge in [0.05, 0.1) is 0 Å². The van der Waals surface area contributed by atoms with Gasteiger partial charge in [-0.2, -0.15) is 0 Å². The van der Waals surface area contributed by atoms with E-state index in [9.17, 15) is 9.59 Å². The van der Waals surface area contributed by atoms with Crippen molar-refractivity contribution in [2.45, 2.75) is 38.6 Å². The predicted molar refractivity (Wildman–Crippen MR) is 84.5 cm³/mol. The highest BCUT2D eigenvalue weighted by Crippen LogP contribution is 2.12. The Morgan fingerprint density at radius 3 is 2.59 bits per heavy atom. The van der Waals surface area contributed by atoms with Crippen LogP contribution in [-0.4, -0.2) is 42.6 Å². The number of imide groups is 1. The summed E-state index contributed by atoms with van der Waals surface area (Å²) in [5, 5.41) is 2.76. The fourth-order valence-electron chi connectivity index (χ4n) is 2.45. The van der Waals surface area contributed by atoms with Crippen molar-refractivity contribution < 1.29 is 14.3 Å². The van der Waals surface area contributed by atoms with Gasteiger partial charge in [-0.3, -0.25) is 9.69 Å². The predicted octanol–water partition coefficient (Wildman–Crippen LogP) is 2.36. The molecule has 2 rings (SSSR count). The van der Waals surface area contributed by atoms with Crippen molar-refractivity contribution in [2.75, 3.05) is 19.8 Å². The second-order valence-corrected chi connectivity index (χ2v) is 5.50. The van der Waals surface area contributed by atoms with Crippen LogP contribution in [-0.2, 0) is 16.0 Å². The summed E-state index contributed by atoms with van der Waals surface area (Å²) in [4.78, 5) is 25.5. The molecule has 0 aromatic heterocycles. The molecule has 1 aliphatic heterocycles. The lowest BCUT2D eigenvalue weighted by Crippen LogP contribution is -2.33. The van der Waals surface area contributed by atoms with E-state index in [4.69, 9.17) is 4.74 Å². The molecule has 0 unspecified atom stereocenters. The molecule has 22 heavy (non-hydrogen) atoms. The van der Waals surface area contributed by atoms with Gasteiger partial charge in [-0.25, -0.2) is 4.79 Å². The first-order chi connectivity index (χ1) is 10.7. The monoisotopic (exact) mass is 304 g/mol. The average molecular weight is 304 g/mol.